The first kappa shape index (κ1) is 10.6. The maximum atomic E-state index is 5.95. The molecule has 0 atom stereocenters. The van der Waals surface area contributed by atoms with Crippen molar-refractivity contribution in [3.05, 3.63) is 30.3 Å². The summed E-state index contributed by atoms with van der Waals surface area (Å²) in [4.78, 5) is 0. The highest BCUT2D eigenvalue weighted by molar-refractivity contribution is 7.11. The van der Waals surface area contributed by atoms with Crippen LogP contribution in [0.15, 0.2) is 30.3 Å². The fourth-order valence-electron chi connectivity index (χ4n) is 1.87. The van der Waals surface area contributed by atoms with E-state index >= 15 is 0 Å². The number of nitrogens with one attached hydrogen (secondary N) is 1. The summed E-state index contributed by atoms with van der Waals surface area (Å²) in [6.45, 7) is 1.04. The summed E-state index contributed by atoms with van der Waals surface area (Å²) >= 11 is 1.45. The van der Waals surface area contributed by atoms with Crippen LogP contribution in [-0.2, 0) is 0 Å². The Balaban J connectivity index is 1.88. The van der Waals surface area contributed by atoms with Crippen molar-refractivity contribution in [2.75, 3.05) is 17.6 Å². The van der Waals surface area contributed by atoms with Gasteiger partial charge in [-0.05, 0) is 35.9 Å². The molecule has 1 aliphatic rings. The summed E-state index contributed by atoms with van der Waals surface area (Å²) in [5, 5.41) is 4.57. The summed E-state index contributed by atoms with van der Waals surface area (Å²) in [7, 11) is 0. The Kier molecular flexibility index (Phi) is 2.73. The van der Waals surface area contributed by atoms with Crippen LogP contribution in [0.5, 0.6) is 0 Å². The highest BCUT2D eigenvalue weighted by Crippen LogP contribution is 2.38. The van der Waals surface area contributed by atoms with Gasteiger partial charge in [0.25, 0.3) is 0 Å². The van der Waals surface area contributed by atoms with Gasteiger partial charge >= 0.3 is 0 Å². The lowest BCUT2D eigenvalue weighted by atomic mass is 10.1. The zero-order chi connectivity index (χ0) is 11.7. The molecule has 1 saturated carbocycles. The Labute approximate surface area is 105 Å². The SMILES string of the molecule is Nc1nsc(NCC2CC2)c1-c1ccccc1. The van der Waals surface area contributed by atoms with Crippen molar-refractivity contribution in [1.82, 2.24) is 4.37 Å². The van der Waals surface area contributed by atoms with Gasteiger partial charge in [0.2, 0.25) is 0 Å². The van der Waals surface area contributed by atoms with Gasteiger partial charge in [-0.2, -0.15) is 4.37 Å². The lowest BCUT2D eigenvalue weighted by Gasteiger charge is -2.06. The summed E-state index contributed by atoms with van der Waals surface area (Å²) in [5.41, 5.74) is 8.14. The Bertz CT molecular complexity index is 503. The second-order valence-corrected chi connectivity index (χ2v) is 5.24. The molecular weight excluding hydrogens is 230 g/mol. The van der Waals surface area contributed by atoms with Crippen molar-refractivity contribution in [2.24, 2.45) is 5.92 Å². The van der Waals surface area contributed by atoms with E-state index in [0.717, 1.165) is 28.6 Å². The molecule has 0 amide bonds. The molecule has 3 nitrogen and oxygen atoms in total. The van der Waals surface area contributed by atoms with Gasteiger partial charge in [-0.25, -0.2) is 0 Å². The molecule has 3 N–H and O–H groups in total. The molecule has 1 aliphatic carbocycles. The smallest absolute Gasteiger partial charge is 0.147 e. The summed E-state index contributed by atoms with van der Waals surface area (Å²) in [6, 6.07) is 10.2. The zero-order valence-electron chi connectivity index (χ0n) is 9.52. The molecule has 2 aromatic rings. The average Bonchev–Trinajstić information content (AvgIpc) is 3.11. The molecule has 1 aromatic carbocycles. The molecule has 0 aliphatic heterocycles. The van der Waals surface area contributed by atoms with Crippen LogP contribution in [0.2, 0.25) is 0 Å². The molecular formula is C13H15N3S. The summed E-state index contributed by atoms with van der Waals surface area (Å²) in [6.07, 6.45) is 2.70. The van der Waals surface area contributed by atoms with E-state index in [1.807, 2.05) is 18.2 Å². The first-order valence-electron chi connectivity index (χ1n) is 5.89. The van der Waals surface area contributed by atoms with Gasteiger partial charge in [0.1, 0.15) is 10.8 Å². The number of hydrogen-bond acceptors (Lipinski definition) is 4. The summed E-state index contributed by atoms with van der Waals surface area (Å²) in [5.74, 6) is 1.47. The number of hydrogen-bond donors (Lipinski definition) is 2. The molecule has 0 radical (unpaired) electrons. The predicted molar refractivity (Wildman–Crippen MR) is 73.2 cm³/mol. The molecule has 88 valence electrons. The van der Waals surface area contributed by atoms with Gasteiger partial charge in [-0.1, -0.05) is 30.3 Å². The molecule has 1 aromatic heterocycles. The van der Waals surface area contributed by atoms with Gasteiger partial charge < -0.3 is 11.1 Å². The molecule has 0 spiro atoms. The van der Waals surface area contributed by atoms with E-state index in [9.17, 15) is 0 Å². The Hall–Kier alpha value is -1.55. The number of aromatic nitrogens is 1. The second kappa shape index (κ2) is 4.37. The van der Waals surface area contributed by atoms with Crippen molar-refractivity contribution >= 4 is 22.4 Å². The van der Waals surface area contributed by atoms with E-state index in [2.05, 4.69) is 21.8 Å². The number of nitrogens with zero attached hydrogens (tertiary/aromatic N) is 1. The van der Waals surface area contributed by atoms with E-state index in [-0.39, 0.29) is 0 Å². The molecule has 17 heavy (non-hydrogen) atoms. The van der Waals surface area contributed by atoms with Gasteiger partial charge in [0.05, 0.1) is 5.56 Å². The monoisotopic (exact) mass is 245 g/mol. The molecule has 3 rings (SSSR count). The zero-order valence-corrected chi connectivity index (χ0v) is 10.3. The van der Waals surface area contributed by atoms with Crippen LogP contribution in [-0.4, -0.2) is 10.9 Å². The third-order valence-corrected chi connectivity index (χ3v) is 3.85. The molecule has 0 unspecified atom stereocenters. The van der Waals surface area contributed by atoms with Crippen molar-refractivity contribution in [3.63, 3.8) is 0 Å². The normalized spacial score (nSPS) is 14.8. The first-order chi connectivity index (χ1) is 8.34. The van der Waals surface area contributed by atoms with Crippen LogP contribution in [0, 0.1) is 5.92 Å². The number of nitrogen functional groups attached to an aromatic ring is 1. The van der Waals surface area contributed by atoms with Crippen molar-refractivity contribution in [3.8, 4) is 11.1 Å². The second-order valence-electron chi connectivity index (χ2n) is 4.46. The van der Waals surface area contributed by atoms with Crippen LogP contribution >= 0.6 is 11.5 Å². The minimum Gasteiger partial charge on any atom is -0.382 e. The molecule has 0 saturated heterocycles. The average molecular weight is 245 g/mol. The van der Waals surface area contributed by atoms with E-state index in [1.54, 1.807) is 0 Å². The van der Waals surface area contributed by atoms with Gasteiger partial charge in [0.15, 0.2) is 0 Å². The molecule has 4 heteroatoms. The maximum Gasteiger partial charge on any atom is 0.147 e. The van der Waals surface area contributed by atoms with Crippen LogP contribution < -0.4 is 11.1 Å². The molecule has 1 fully saturated rings. The first-order valence-corrected chi connectivity index (χ1v) is 6.66. The number of rotatable bonds is 4. The van der Waals surface area contributed by atoms with Crippen LogP contribution in [0.25, 0.3) is 11.1 Å². The highest BCUT2D eigenvalue weighted by Gasteiger charge is 2.22. The Morgan fingerprint density at radius 2 is 2.06 bits per heavy atom. The van der Waals surface area contributed by atoms with Gasteiger partial charge in [0, 0.05) is 6.54 Å². The fourth-order valence-corrected chi connectivity index (χ4v) is 2.61. The highest BCUT2D eigenvalue weighted by atomic mass is 32.1. The minimum atomic E-state index is 0.625. The van der Waals surface area contributed by atoms with Crippen LogP contribution in [0.3, 0.4) is 0 Å². The fraction of sp³-hybridized carbons (Fsp3) is 0.308. The number of nitrogens with two attached hydrogens (primary N) is 1. The largest absolute Gasteiger partial charge is 0.382 e. The minimum absolute atomic E-state index is 0.625. The standard InChI is InChI=1S/C13H15N3S/c14-12-11(10-4-2-1-3-5-10)13(17-16-12)15-8-9-6-7-9/h1-5,9,15H,6-8H2,(H2,14,16). The van der Waals surface area contributed by atoms with Crippen molar-refractivity contribution in [1.29, 1.82) is 0 Å². The number of anilines is 2. The predicted octanol–water partition coefficient (Wildman–Crippen LogP) is 3.21. The number of benzene rings is 1. The topological polar surface area (TPSA) is 50.9 Å². The van der Waals surface area contributed by atoms with Crippen LogP contribution in [0.1, 0.15) is 12.8 Å². The lowest BCUT2D eigenvalue weighted by Crippen LogP contribution is -2.02. The third-order valence-electron chi connectivity index (χ3n) is 3.03. The van der Waals surface area contributed by atoms with E-state index < -0.39 is 0 Å². The van der Waals surface area contributed by atoms with Gasteiger partial charge in [-0.3, -0.25) is 0 Å². The van der Waals surface area contributed by atoms with Gasteiger partial charge in [-0.15, -0.1) is 0 Å². The maximum absolute atomic E-state index is 5.95. The third kappa shape index (κ3) is 2.26. The Morgan fingerprint density at radius 1 is 1.29 bits per heavy atom. The molecule has 1 heterocycles. The van der Waals surface area contributed by atoms with E-state index in [0.29, 0.717) is 5.82 Å². The lowest BCUT2D eigenvalue weighted by molar-refractivity contribution is 0.892. The summed E-state index contributed by atoms with van der Waals surface area (Å²) < 4.78 is 4.25. The molecule has 0 bridgehead atoms. The van der Waals surface area contributed by atoms with Crippen molar-refractivity contribution < 1.29 is 0 Å². The van der Waals surface area contributed by atoms with E-state index in [4.69, 9.17) is 5.73 Å². The Morgan fingerprint density at radius 3 is 2.76 bits per heavy atom. The van der Waals surface area contributed by atoms with Crippen LogP contribution in [0.4, 0.5) is 10.8 Å². The van der Waals surface area contributed by atoms with Crippen molar-refractivity contribution in [2.45, 2.75) is 12.8 Å². The van der Waals surface area contributed by atoms with E-state index in [1.165, 1.54) is 24.4 Å². The quantitative estimate of drug-likeness (QED) is 0.869.